The van der Waals surface area contributed by atoms with Crippen LogP contribution in [-0.4, -0.2) is 33.4 Å². The minimum atomic E-state index is -0.169. The summed E-state index contributed by atoms with van der Waals surface area (Å²) in [6, 6.07) is 7.60. The van der Waals surface area contributed by atoms with Gasteiger partial charge in [-0.2, -0.15) is 10.2 Å². The smallest absolute Gasteiger partial charge is 0.240 e. The van der Waals surface area contributed by atoms with E-state index >= 15 is 0 Å². The molecule has 0 aliphatic carbocycles. The summed E-state index contributed by atoms with van der Waals surface area (Å²) in [5.41, 5.74) is 6.77. The minimum Gasteiger partial charge on any atom is -0.350 e. The van der Waals surface area contributed by atoms with E-state index in [9.17, 15) is 9.59 Å². The van der Waals surface area contributed by atoms with E-state index < -0.39 is 0 Å². The average molecular weight is 356 g/mol. The van der Waals surface area contributed by atoms with Crippen LogP contribution in [0.25, 0.3) is 0 Å². The highest BCUT2D eigenvalue weighted by atomic mass is 16.2. The van der Waals surface area contributed by atoms with Crippen LogP contribution in [0.2, 0.25) is 0 Å². The van der Waals surface area contributed by atoms with Crippen molar-refractivity contribution in [3.63, 3.8) is 0 Å². The first-order chi connectivity index (χ1) is 12.6. The first-order valence-corrected chi connectivity index (χ1v) is 8.43. The van der Waals surface area contributed by atoms with Crippen molar-refractivity contribution in [2.24, 2.45) is 24.3 Å². The number of aryl methyl sites for hydroxylation is 2. The van der Waals surface area contributed by atoms with E-state index in [0.29, 0.717) is 25.7 Å². The number of unbranched alkanes of at least 4 members (excludes halogenated alkanes) is 1. The van der Waals surface area contributed by atoms with E-state index in [0.717, 1.165) is 11.4 Å². The Morgan fingerprint density at radius 3 is 1.65 bits per heavy atom. The molecule has 0 aliphatic rings. The molecule has 0 bridgehead atoms. The predicted octanol–water partition coefficient (Wildman–Crippen LogP) is 1.52. The number of hydrogen-bond donors (Lipinski definition) is 2. The Labute approximate surface area is 152 Å². The molecule has 2 aromatic heterocycles. The Hall–Kier alpha value is -3.16. The first-order valence-electron chi connectivity index (χ1n) is 8.43. The van der Waals surface area contributed by atoms with Crippen molar-refractivity contribution in [1.82, 2.24) is 20.0 Å². The van der Waals surface area contributed by atoms with E-state index in [4.69, 9.17) is 0 Å². The van der Waals surface area contributed by atoms with Gasteiger partial charge in [0.2, 0.25) is 11.8 Å². The van der Waals surface area contributed by atoms with E-state index in [1.807, 2.05) is 59.9 Å². The monoisotopic (exact) mass is 356 g/mol. The van der Waals surface area contributed by atoms with Gasteiger partial charge in [0.15, 0.2) is 0 Å². The van der Waals surface area contributed by atoms with Crippen molar-refractivity contribution in [3.05, 3.63) is 48.0 Å². The van der Waals surface area contributed by atoms with Gasteiger partial charge in [0.1, 0.15) is 0 Å². The zero-order valence-electron chi connectivity index (χ0n) is 15.1. The van der Waals surface area contributed by atoms with Crippen LogP contribution < -0.4 is 10.9 Å². The Kier molecular flexibility index (Phi) is 7.35. The highest BCUT2D eigenvalue weighted by Crippen LogP contribution is 2.00. The maximum absolute atomic E-state index is 11.7. The summed E-state index contributed by atoms with van der Waals surface area (Å²) in [6.45, 7) is 0. The number of nitrogens with one attached hydrogen (secondary N) is 2. The number of aromatic nitrogens is 2. The molecule has 2 rings (SSSR count). The summed E-state index contributed by atoms with van der Waals surface area (Å²) < 4.78 is 3.79. The van der Waals surface area contributed by atoms with Crippen LogP contribution in [0, 0.1) is 0 Å². The van der Waals surface area contributed by atoms with Crippen molar-refractivity contribution in [1.29, 1.82) is 0 Å². The molecule has 0 radical (unpaired) electrons. The Balaban J connectivity index is 1.56. The number of nitrogens with zero attached hydrogens (tertiary/aromatic N) is 4. The third-order valence-corrected chi connectivity index (χ3v) is 3.80. The first kappa shape index (κ1) is 19.2. The molecule has 2 heterocycles. The van der Waals surface area contributed by atoms with Crippen LogP contribution >= 0.6 is 0 Å². The van der Waals surface area contributed by atoms with Crippen molar-refractivity contribution in [2.75, 3.05) is 0 Å². The minimum absolute atomic E-state index is 0.169. The molecule has 2 amide bonds. The fourth-order valence-corrected chi connectivity index (χ4v) is 2.24. The van der Waals surface area contributed by atoms with Crippen LogP contribution in [0.1, 0.15) is 37.1 Å². The number of rotatable bonds is 9. The number of amides is 2. The fraction of sp³-hybridized carbons (Fsp3) is 0.333. The third-order valence-electron chi connectivity index (χ3n) is 3.80. The molecule has 0 fully saturated rings. The molecule has 8 heteroatoms. The Bertz CT molecular complexity index is 721. The van der Waals surface area contributed by atoms with Gasteiger partial charge in [-0.15, -0.1) is 0 Å². The SMILES string of the molecule is Cn1cccc1C=NNC(=O)CCCCC(=O)NN=Cc1cccn1C. The van der Waals surface area contributed by atoms with Crippen molar-refractivity contribution in [2.45, 2.75) is 25.7 Å². The fourth-order valence-electron chi connectivity index (χ4n) is 2.24. The number of carbonyl (C=O) groups excluding carboxylic acids is 2. The molecule has 2 N–H and O–H groups in total. The van der Waals surface area contributed by atoms with E-state index in [1.54, 1.807) is 12.4 Å². The average Bonchev–Trinajstić information content (AvgIpc) is 3.20. The predicted molar refractivity (Wildman–Crippen MR) is 101 cm³/mol. The van der Waals surface area contributed by atoms with Gasteiger partial charge in [-0.25, -0.2) is 10.9 Å². The Morgan fingerprint density at radius 1 is 0.885 bits per heavy atom. The summed E-state index contributed by atoms with van der Waals surface area (Å²) in [5, 5.41) is 7.83. The lowest BCUT2D eigenvalue weighted by Crippen LogP contribution is -2.19. The number of carbonyl (C=O) groups is 2. The van der Waals surface area contributed by atoms with E-state index in [1.165, 1.54) is 0 Å². The molecule has 0 aromatic carbocycles. The molecule has 0 unspecified atom stereocenters. The van der Waals surface area contributed by atoms with Gasteiger partial charge >= 0.3 is 0 Å². The summed E-state index contributed by atoms with van der Waals surface area (Å²) in [6.07, 6.45) is 8.86. The van der Waals surface area contributed by atoms with Gasteiger partial charge in [-0.3, -0.25) is 9.59 Å². The second-order valence-electron chi connectivity index (χ2n) is 5.88. The molecule has 0 atom stereocenters. The van der Waals surface area contributed by atoms with Gasteiger partial charge in [0, 0.05) is 39.3 Å². The molecule has 0 saturated heterocycles. The summed E-state index contributed by atoms with van der Waals surface area (Å²) >= 11 is 0. The van der Waals surface area contributed by atoms with Crippen molar-refractivity contribution < 1.29 is 9.59 Å². The van der Waals surface area contributed by atoms with Crippen molar-refractivity contribution >= 4 is 24.2 Å². The summed E-state index contributed by atoms with van der Waals surface area (Å²) in [5.74, 6) is -0.338. The molecule has 8 nitrogen and oxygen atoms in total. The zero-order chi connectivity index (χ0) is 18.8. The molecule has 26 heavy (non-hydrogen) atoms. The third kappa shape index (κ3) is 6.39. The summed E-state index contributed by atoms with van der Waals surface area (Å²) in [7, 11) is 3.80. The lowest BCUT2D eigenvalue weighted by molar-refractivity contribution is -0.123. The topological polar surface area (TPSA) is 92.8 Å². The molecule has 138 valence electrons. The van der Waals surface area contributed by atoms with Crippen LogP contribution in [0.5, 0.6) is 0 Å². The van der Waals surface area contributed by atoms with E-state index in [-0.39, 0.29) is 11.8 Å². The van der Waals surface area contributed by atoms with Gasteiger partial charge in [0.05, 0.1) is 23.8 Å². The van der Waals surface area contributed by atoms with Crippen LogP contribution in [0.3, 0.4) is 0 Å². The normalized spacial score (nSPS) is 11.3. The maximum atomic E-state index is 11.7. The second-order valence-corrected chi connectivity index (χ2v) is 5.88. The second kappa shape index (κ2) is 9.97. The maximum Gasteiger partial charge on any atom is 0.240 e. The molecule has 0 aliphatic heterocycles. The van der Waals surface area contributed by atoms with Gasteiger partial charge in [-0.1, -0.05) is 0 Å². The largest absolute Gasteiger partial charge is 0.350 e. The lowest BCUT2D eigenvalue weighted by Gasteiger charge is -2.01. The highest BCUT2D eigenvalue weighted by Gasteiger charge is 2.03. The standard InChI is InChI=1S/C18H24N6O2/c1-23-11-5-7-15(23)13-19-21-17(25)9-3-4-10-18(26)22-20-14-16-8-6-12-24(16)2/h5-8,11-14H,3-4,9-10H2,1-2H3,(H,21,25)(H,22,26). The Morgan fingerprint density at radius 2 is 1.31 bits per heavy atom. The van der Waals surface area contributed by atoms with Gasteiger partial charge in [0.25, 0.3) is 0 Å². The van der Waals surface area contributed by atoms with Crippen LogP contribution in [-0.2, 0) is 23.7 Å². The van der Waals surface area contributed by atoms with Gasteiger partial charge < -0.3 is 9.13 Å². The molecular weight excluding hydrogens is 332 g/mol. The number of hydrogen-bond acceptors (Lipinski definition) is 4. The van der Waals surface area contributed by atoms with Gasteiger partial charge in [-0.05, 0) is 37.1 Å². The molecular formula is C18H24N6O2. The summed E-state index contributed by atoms with van der Waals surface area (Å²) in [4.78, 5) is 23.4. The molecule has 0 saturated carbocycles. The molecule has 2 aromatic rings. The molecule has 0 spiro atoms. The van der Waals surface area contributed by atoms with Crippen LogP contribution in [0.15, 0.2) is 46.9 Å². The zero-order valence-corrected chi connectivity index (χ0v) is 15.1. The quantitative estimate of drug-likeness (QED) is 0.405. The number of hydrazone groups is 2. The highest BCUT2D eigenvalue weighted by molar-refractivity contribution is 5.82. The van der Waals surface area contributed by atoms with Crippen molar-refractivity contribution in [3.8, 4) is 0 Å². The van der Waals surface area contributed by atoms with E-state index in [2.05, 4.69) is 21.1 Å². The lowest BCUT2D eigenvalue weighted by atomic mass is 10.2. The van der Waals surface area contributed by atoms with Crippen LogP contribution in [0.4, 0.5) is 0 Å².